The first kappa shape index (κ1) is 21.7. The lowest BCUT2D eigenvalue weighted by Crippen LogP contribution is -2.44. The molecule has 2 amide bonds. The van der Waals surface area contributed by atoms with E-state index in [2.05, 4.69) is 13.8 Å². The summed E-state index contributed by atoms with van der Waals surface area (Å²) in [5.41, 5.74) is 2.07. The Kier molecular flexibility index (Phi) is 8.30. The van der Waals surface area contributed by atoms with Crippen molar-refractivity contribution in [3.63, 3.8) is 0 Å². The molecular weight excluding hydrogens is 350 g/mol. The summed E-state index contributed by atoms with van der Waals surface area (Å²) in [6.07, 6.45) is 3.14. The first-order valence-corrected chi connectivity index (χ1v) is 10.1. The van der Waals surface area contributed by atoms with Gasteiger partial charge in [-0.15, -0.1) is 0 Å². The molecule has 5 heteroatoms. The Morgan fingerprint density at radius 3 is 2.29 bits per heavy atom. The van der Waals surface area contributed by atoms with Crippen LogP contribution in [0.2, 0.25) is 0 Å². The molecule has 0 aliphatic heterocycles. The van der Waals surface area contributed by atoms with Crippen LogP contribution in [-0.2, 0) is 29.6 Å². The molecule has 0 saturated heterocycles. The molecular formula is C23H33N3O2. The van der Waals surface area contributed by atoms with E-state index in [0.717, 1.165) is 17.7 Å². The number of carbonyl (C=O) groups excluding carboxylic acids is 2. The largest absolute Gasteiger partial charge is 0.353 e. The van der Waals surface area contributed by atoms with Gasteiger partial charge in [0.1, 0.15) is 0 Å². The topological polar surface area (TPSA) is 45.6 Å². The maximum atomic E-state index is 13.1. The molecule has 0 radical (unpaired) electrons. The van der Waals surface area contributed by atoms with E-state index < -0.39 is 0 Å². The number of hydrogen-bond donors (Lipinski definition) is 0. The average molecular weight is 384 g/mol. The van der Waals surface area contributed by atoms with E-state index in [9.17, 15) is 9.59 Å². The van der Waals surface area contributed by atoms with Gasteiger partial charge in [-0.25, -0.2) is 0 Å². The van der Waals surface area contributed by atoms with Crippen molar-refractivity contribution in [1.82, 2.24) is 14.4 Å². The van der Waals surface area contributed by atoms with Gasteiger partial charge in [-0.2, -0.15) is 0 Å². The second-order valence-electron chi connectivity index (χ2n) is 7.76. The number of hydrogen-bond acceptors (Lipinski definition) is 2. The number of rotatable bonds is 10. The molecule has 0 unspecified atom stereocenters. The number of benzene rings is 1. The lowest BCUT2D eigenvalue weighted by atomic mass is 10.1. The molecule has 2 aromatic rings. The number of amides is 2. The summed E-state index contributed by atoms with van der Waals surface area (Å²) in [4.78, 5) is 29.5. The van der Waals surface area contributed by atoms with Crippen LogP contribution in [0.3, 0.4) is 0 Å². The Hall–Kier alpha value is -2.56. The molecule has 1 heterocycles. The van der Waals surface area contributed by atoms with Crippen LogP contribution >= 0.6 is 0 Å². The molecule has 0 atom stereocenters. The van der Waals surface area contributed by atoms with Crippen LogP contribution in [0, 0.1) is 5.92 Å². The molecule has 5 nitrogen and oxygen atoms in total. The fourth-order valence-corrected chi connectivity index (χ4v) is 3.26. The van der Waals surface area contributed by atoms with Crippen molar-refractivity contribution < 1.29 is 9.59 Å². The van der Waals surface area contributed by atoms with E-state index in [1.807, 2.05) is 72.1 Å². The SMILES string of the molecule is CCCN(CC(=O)N(Cc1cccn1C)CC(C)C)C(=O)Cc1ccccc1. The highest BCUT2D eigenvalue weighted by atomic mass is 16.2. The molecule has 28 heavy (non-hydrogen) atoms. The van der Waals surface area contributed by atoms with Crippen molar-refractivity contribution in [2.45, 2.75) is 40.2 Å². The minimum Gasteiger partial charge on any atom is -0.353 e. The summed E-state index contributed by atoms with van der Waals surface area (Å²) < 4.78 is 2.03. The van der Waals surface area contributed by atoms with Crippen molar-refractivity contribution in [3.8, 4) is 0 Å². The van der Waals surface area contributed by atoms with Gasteiger partial charge in [0.25, 0.3) is 0 Å². The molecule has 1 aromatic carbocycles. The van der Waals surface area contributed by atoms with Gasteiger partial charge in [-0.3, -0.25) is 9.59 Å². The summed E-state index contributed by atoms with van der Waals surface area (Å²) >= 11 is 0. The van der Waals surface area contributed by atoms with E-state index in [4.69, 9.17) is 0 Å². The molecule has 0 aliphatic rings. The van der Waals surface area contributed by atoms with Gasteiger partial charge in [-0.1, -0.05) is 51.1 Å². The van der Waals surface area contributed by atoms with Crippen LogP contribution < -0.4 is 0 Å². The van der Waals surface area contributed by atoms with Gasteiger partial charge in [0, 0.05) is 32.0 Å². The van der Waals surface area contributed by atoms with Gasteiger partial charge in [0.2, 0.25) is 11.8 Å². The third-order valence-electron chi connectivity index (χ3n) is 4.71. The molecule has 0 spiro atoms. The predicted molar refractivity (Wildman–Crippen MR) is 113 cm³/mol. The maximum absolute atomic E-state index is 13.1. The van der Waals surface area contributed by atoms with Crippen LogP contribution in [0.4, 0.5) is 0 Å². The molecule has 152 valence electrons. The molecule has 0 fully saturated rings. The number of carbonyl (C=O) groups is 2. The normalized spacial score (nSPS) is 10.9. The molecule has 0 bridgehead atoms. The molecule has 0 saturated carbocycles. The Labute approximate surface area is 168 Å². The number of aryl methyl sites for hydroxylation is 1. The summed E-state index contributed by atoms with van der Waals surface area (Å²) in [5.74, 6) is 0.374. The average Bonchev–Trinajstić information content (AvgIpc) is 3.06. The van der Waals surface area contributed by atoms with Gasteiger partial charge in [-0.05, 0) is 30.0 Å². The van der Waals surface area contributed by atoms with Crippen LogP contribution in [-0.4, -0.2) is 45.8 Å². The van der Waals surface area contributed by atoms with Crippen LogP contribution in [0.15, 0.2) is 48.7 Å². The second kappa shape index (κ2) is 10.7. The second-order valence-corrected chi connectivity index (χ2v) is 7.76. The predicted octanol–water partition coefficient (Wildman–Crippen LogP) is 3.49. The zero-order valence-electron chi connectivity index (χ0n) is 17.6. The van der Waals surface area contributed by atoms with Crippen molar-refractivity contribution in [2.75, 3.05) is 19.6 Å². The van der Waals surface area contributed by atoms with E-state index in [1.54, 1.807) is 4.90 Å². The Morgan fingerprint density at radius 1 is 1.00 bits per heavy atom. The van der Waals surface area contributed by atoms with E-state index in [1.165, 1.54) is 0 Å². The summed E-state index contributed by atoms with van der Waals surface area (Å²) in [7, 11) is 1.99. The fraction of sp³-hybridized carbons (Fsp3) is 0.478. The minimum atomic E-state index is 0.00441. The van der Waals surface area contributed by atoms with Crippen LogP contribution in [0.25, 0.3) is 0 Å². The summed E-state index contributed by atoms with van der Waals surface area (Å²) in [6, 6.07) is 13.7. The highest BCUT2D eigenvalue weighted by molar-refractivity contribution is 5.86. The monoisotopic (exact) mass is 383 g/mol. The lowest BCUT2D eigenvalue weighted by Gasteiger charge is -2.29. The smallest absolute Gasteiger partial charge is 0.242 e. The zero-order valence-corrected chi connectivity index (χ0v) is 17.6. The van der Waals surface area contributed by atoms with E-state index >= 15 is 0 Å². The van der Waals surface area contributed by atoms with Crippen LogP contribution in [0.1, 0.15) is 38.4 Å². The van der Waals surface area contributed by atoms with Crippen molar-refractivity contribution in [2.24, 2.45) is 13.0 Å². The lowest BCUT2D eigenvalue weighted by molar-refractivity contribution is -0.141. The number of nitrogens with zero attached hydrogens (tertiary/aromatic N) is 3. The quantitative estimate of drug-likeness (QED) is 0.630. The zero-order chi connectivity index (χ0) is 20.5. The Bertz CT molecular complexity index is 752. The van der Waals surface area contributed by atoms with Gasteiger partial charge >= 0.3 is 0 Å². The standard InChI is InChI=1S/C23H33N3O2/c1-5-13-25(22(27)15-20-10-7-6-8-11-20)18-23(28)26(16-19(2)3)17-21-12-9-14-24(21)4/h6-12,14,19H,5,13,15-18H2,1-4H3. The summed E-state index contributed by atoms with van der Waals surface area (Å²) in [5, 5.41) is 0. The van der Waals surface area contributed by atoms with Gasteiger partial charge < -0.3 is 14.4 Å². The number of aromatic nitrogens is 1. The van der Waals surface area contributed by atoms with E-state index in [0.29, 0.717) is 32.0 Å². The maximum Gasteiger partial charge on any atom is 0.242 e. The molecule has 1 aromatic heterocycles. The van der Waals surface area contributed by atoms with Crippen molar-refractivity contribution in [1.29, 1.82) is 0 Å². The highest BCUT2D eigenvalue weighted by Crippen LogP contribution is 2.10. The first-order chi connectivity index (χ1) is 13.4. The van der Waals surface area contributed by atoms with Crippen molar-refractivity contribution >= 4 is 11.8 Å². The third kappa shape index (κ3) is 6.55. The highest BCUT2D eigenvalue weighted by Gasteiger charge is 2.22. The minimum absolute atomic E-state index is 0.00441. The van der Waals surface area contributed by atoms with Gasteiger partial charge in [0.05, 0.1) is 19.5 Å². The Morgan fingerprint density at radius 2 is 1.71 bits per heavy atom. The molecule has 2 rings (SSSR count). The van der Waals surface area contributed by atoms with Crippen molar-refractivity contribution in [3.05, 3.63) is 59.9 Å². The molecule has 0 N–H and O–H groups in total. The Balaban J connectivity index is 2.07. The summed E-state index contributed by atoms with van der Waals surface area (Å²) in [6.45, 7) is 8.21. The third-order valence-corrected chi connectivity index (χ3v) is 4.71. The van der Waals surface area contributed by atoms with Gasteiger partial charge in [0.15, 0.2) is 0 Å². The first-order valence-electron chi connectivity index (χ1n) is 10.1. The molecule has 0 aliphatic carbocycles. The van der Waals surface area contributed by atoms with Crippen LogP contribution in [0.5, 0.6) is 0 Å². The van der Waals surface area contributed by atoms with E-state index in [-0.39, 0.29) is 18.4 Å². The fourth-order valence-electron chi connectivity index (χ4n) is 3.26.